The summed E-state index contributed by atoms with van der Waals surface area (Å²) in [7, 11) is 2.60. The topological polar surface area (TPSA) is 132 Å². The van der Waals surface area contributed by atoms with Crippen LogP contribution >= 0.6 is 0 Å². The van der Waals surface area contributed by atoms with Crippen molar-refractivity contribution in [3.8, 4) is 11.5 Å². The van der Waals surface area contributed by atoms with Crippen LogP contribution in [0.15, 0.2) is 97.1 Å². The Bertz CT molecular complexity index is 1690. The molecule has 1 aliphatic heterocycles. The van der Waals surface area contributed by atoms with Crippen molar-refractivity contribution < 1.29 is 38.1 Å². The monoisotopic (exact) mass is 651 g/mol. The molecule has 0 saturated carbocycles. The number of ether oxygens (including phenoxy) is 4. The zero-order valence-corrected chi connectivity index (χ0v) is 27.0. The van der Waals surface area contributed by atoms with Crippen LogP contribution in [-0.2, 0) is 20.7 Å². The van der Waals surface area contributed by atoms with E-state index in [1.807, 2.05) is 36.1 Å². The summed E-state index contributed by atoms with van der Waals surface area (Å²) in [6.07, 6.45) is 1.59. The Balaban J connectivity index is 1.41. The molecule has 11 nitrogen and oxygen atoms in total. The molecule has 2 amide bonds. The highest BCUT2D eigenvalue weighted by molar-refractivity contribution is 6.00. The molecule has 0 spiro atoms. The number of hydrogen-bond donors (Lipinski definition) is 2. The third kappa shape index (κ3) is 7.99. The van der Waals surface area contributed by atoms with Gasteiger partial charge >= 0.3 is 23.9 Å². The molecular weight excluding hydrogens is 614 g/mol. The maximum absolute atomic E-state index is 14.5. The molecule has 0 atom stereocenters. The molecule has 48 heavy (non-hydrogen) atoms. The first-order chi connectivity index (χ1) is 23.2. The Kier molecular flexibility index (Phi) is 10.7. The first-order valence-corrected chi connectivity index (χ1v) is 15.5. The second-order valence-corrected chi connectivity index (χ2v) is 11.2. The van der Waals surface area contributed by atoms with Crippen LogP contribution in [0, 0.1) is 6.92 Å². The largest absolute Gasteiger partial charge is 0.465 e. The molecule has 1 aliphatic rings. The van der Waals surface area contributed by atoms with E-state index in [-0.39, 0.29) is 18.2 Å². The molecule has 0 aromatic heterocycles. The van der Waals surface area contributed by atoms with Gasteiger partial charge in [0.05, 0.1) is 25.3 Å². The van der Waals surface area contributed by atoms with Crippen molar-refractivity contribution in [1.29, 1.82) is 0 Å². The molecule has 2 N–H and O–H groups in total. The number of para-hydroxylation sites is 1. The van der Waals surface area contributed by atoms with Crippen molar-refractivity contribution in [2.75, 3.05) is 37.9 Å². The number of nitrogens with one attached hydrogen (secondary N) is 2. The van der Waals surface area contributed by atoms with Gasteiger partial charge in [-0.25, -0.2) is 19.3 Å². The fraction of sp³-hybridized carbons (Fsp3) is 0.243. The van der Waals surface area contributed by atoms with Crippen molar-refractivity contribution >= 4 is 35.1 Å². The zero-order valence-electron chi connectivity index (χ0n) is 27.0. The van der Waals surface area contributed by atoms with Crippen molar-refractivity contribution in [1.82, 2.24) is 4.90 Å². The number of hydrogen-bond acceptors (Lipinski definition) is 9. The molecule has 4 aromatic carbocycles. The average molecular weight is 652 g/mol. The summed E-state index contributed by atoms with van der Waals surface area (Å²) in [6, 6.07) is 26.5. The first-order valence-electron chi connectivity index (χ1n) is 15.5. The van der Waals surface area contributed by atoms with Gasteiger partial charge in [0.15, 0.2) is 0 Å². The van der Waals surface area contributed by atoms with Crippen molar-refractivity contribution in [3.05, 3.63) is 119 Å². The lowest BCUT2D eigenvalue weighted by molar-refractivity contribution is -0.214. The molecule has 0 unspecified atom stereocenters. The summed E-state index contributed by atoms with van der Waals surface area (Å²) in [4.78, 5) is 53.0. The summed E-state index contributed by atoms with van der Waals surface area (Å²) in [5.74, 6) is -2.68. The number of rotatable bonds is 12. The predicted molar refractivity (Wildman–Crippen MR) is 179 cm³/mol. The predicted octanol–water partition coefficient (Wildman–Crippen LogP) is 6.23. The summed E-state index contributed by atoms with van der Waals surface area (Å²) in [5.41, 5.74) is 3.50. The fourth-order valence-electron chi connectivity index (χ4n) is 5.33. The lowest BCUT2D eigenvalue weighted by atomic mass is 10.0. The molecule has 0 bridgehead atoms. The van der Waals surface area contributed by atoms with Crippen LogP contribution in [0.3, 0.4) is 0 Å². The number of likely N-dealkylation sites (tertiary alicyclic amines) is 1. The van der Waals surface area contributed by atoms with Gasteiger partial charge in [-0.1, -0.05) is 30.3 Å². The van der Waals surface area contributed by atoms with E-state index in [0.717, 1.165) is 18.4 Å². The number of benzene rings is 4. The molecule has 248 valence electrons. The van der Waals surface area contributed by atoms with Gasteiger partial charge in [0.25, 0.3) is 0 Å². The molecule has 5 rings (SSSR count). The molecule has 11 heteroatoms. The van der Waals surface area contributed by atoms with Gasteiger partial charge < -0.3 is 29.6 Å². The molecule has 0 aliphatic carbocycles. The summed E-state index contributed by atoms with van der Waals surface area (Å²) in [5, 5.41) is 5.65. The van der Waals surface area contributed by atoms with E-state index in [1.165, 1.54) is 14.2 Å². The van der Waals surface area contributed by atoms with E-state index >= 15 is 0 Å². The lowest BCUT2D eigenvalue weighted by Crippen LogP contribution is -2.62. The number of carbonyl (C=O) groups is 4. The third-order valence-electron chi connectivity index (χ3n) is 7.91. The number of carbonyl (C=O) groups excluding carboxylic acids is 4. The van der Waals surface area contributed by atoms with E-state index in [4.69, 9.17) is 18.9 Å². The Hall–Kier alpha value is -5.68. The normalized spacial score (nSPS) is 12.9. The number of urea groups is 1. The fourth-order valence-corrected chi connectivity index (χ4v) is 5.33. The number of anilines is 2. The quantitative estimate of drug-likeness (QED) is 0.135. The van der Waals surface area contributed by atoms with E-state index in [1.54, 1.807) is 72.8 Å². The van der Waals surface area contributed by atoms with Gasteiger partial charge in [0.2, 0.25) is 5.78 Å². The highest BCUT2D eigenvalue weighted by atomic mass is 16.7. The van der Waals surface area contributed by atoms with Crippen LogP contribution in [0.25, 0.3) is 0 Å². The van der Waals surface area contributed by atoms with E-state index in [0.29, 0.717) is 52.7 Å². The van der Waals surface area contributed by atoms with Gasteiger partial charge in [-0.15, -0.1) is 0 Å². The number of aryl methyl sites for hydroxylation is 1. The molecular formula is C37H37N3O8. The van der Waals surface area contributed by atoms with Crippen LogP contribution in [0.2, 0.25) is 0 Å². The van der Waals surface area contributed by atoms with E-state index in [9.17, 15) is 19.2 Å². The second-order valence-electron chi connectivity index (χ2n) is 11.2. The number of amides is 2. The molecule has 0 radical (unpaired) electrons. The van der Waals surface area contributed by atoms with Gasteiger partial charge in [0.1, 0.15) is 11.5 Å². The average Bonchev–Trinajstić information content (AvgIpc) is 3.66. The zero-order chi connectivity index (χ0) is 34.1. The molecule has 1 saturated heterocycles. The third-order valence-corrected chi connectivity index (χ3v) is 7.91. The van der Waals surface area contributed by atoms with Crippen LogP contribution < -0.4 is 20.1 Å². The van der Waals surface area contributed by atoms with Crippen LogP contribution in [0.5, 0.6) is 11.5 Å². The maximum atomic E-state index is 14.5. The number of methoxy groups -OCH3 is 2. The summed E-state index contributed by atoms with van der Waals surface area (Å²) >= 11 is 0. The highest BCUT2D eigenvalue weighted by Gasteiger charge is 2.50. The Labute approximate surface area is 278 Å². The van der Waals surface area contributed by atoms with Crippen molar-refractivity contribution in [2.45, 2.75) is 32.1 Å². The summed E-state index contributed by atoms with van der Waals surface area (Å²) in [6.45, 7) is 2.97. The molecule has 1 fully saturated rings. The van der Waals surface area contributed by atoms with Crippen molar-refractivity contribution in [2.24, 2.45) is 0 Å². The standard InChI is InChI=1S/C37H37N3O8/c1-25-8-4-5-9-32(25)39-36(44)38-29-16-10-26(11-17-29)24-33(41)37(40-22-6-7-23-40,47-30-18-12-27(13-19-30)34(42)45-2)48-31-20-14-28(15-21-31)35(43)46-3/h4-5,8-21H,6-7,22-24H2,1-3H3,(H2,38,39,44). The van der Waals surface area contributed by atoms with Gasteiger partial charge in [-0.05, 0) is 97.6 Å². The Morgan fingerprint density at radius 2 is 1.21 bits per heavy atom. The lowest BCUT2D eigenvalue weighted by Gasteiger charge is -2.39. The van der Waals surface area contributed by atoms with E-state index in [2.05, 4.69) is 10.6 Å². The number of nitrogens with zero attached hydrogens (tertiary/aromatic N) is 1. The van der Waals surface area contributed by atoms with E-state index < -0.39 is 17.8 Å². The number of ketones is 1. The van der Waals surface area contributed by atoms with Gasteiger partial charge in [-0.2, -0.15) is 0 Å². The highest BCUT2D eigenvalue weighted by Crippen LogP contribution is 2.32. The van der Waals surface area contributed by atoms with Crippen LogP contribution in [0.4, 0.5) is 16.2 Å². The van der Waals surface area contributed by atoms with Crippen LogP contribution in [-0.4, -0.2) is 61.9 Å². The number of Topliss-reactive ketones (excluding diaryl/α,β-unsaturated/α-hetero) is 1. The minimum Gasteiger partial charge on any atom is -0.465 e. The Morgan fingerprint density at radius 3 is 1.71 bits per heavy atom. The van der Waals surface area contributed by atoms with Gasteiger partial charge in [0, 0.05) is 30.9 Å². The van der Waals surface area contributed by atoms with Crippen molar-refractivity contribution in [3.63, 3.8) is 0 Å². The van der Waals surface area contributed by atoms with Gasteiger partial charge in [-0.3, -0.25) is 4.79 Å². The second kappa shape index (κ2) is 15.3. The van der Waals surface area contributed by atoms with Crippen LogP contribution in [0.1, 0.15) is 44.7 Å². The molecule has 1 heterocycles. The minimum absolute atomic E-state index is 0.0628. The smallest absolute Gasteiger partial charge is 0.379 e. The SMILES string of the molecule is COC(=O)c1ccc(OC(Oc2ccc(C(=O)OC)cc2)(C(=O)Cc2ccc(NC(=O)Nc3ccccc3C)cc2)N2CCCC2)cc1. The minimum atomic E-state index is -1.89. The first kappa shape index (κ1) is 33.7. The summed E-state index contributed by atoms with van der Waals surface area (Å²) < 4.78 is 22.6. The Morgan fingerprint density at radius 1 is 0.688 bits per heavy atom. The maximum Gasteiger partial charge on any atom is 0.379 e. The number of esters is 2. The molecule has 4 aromatic rings.